The first-order chi connectivity index (χ1) is 17.4. The molecule has 1 aromatic heterocycles. The van der Waals surface area contributed by atoms with Crippen LogP contribution in [0.25, 0.3) is 10.9 Å². The highest BCUT2D eigenvalue weighted by atomic mass is 16.4. The van der Waals surface area contributed by atoms with Gasteiger partial charge in [0.2, 0.25) is 17.7 Å². The summed E-state index contributed by atoms with van der Waals surface area (Å²) in [5.74, 6) is -3.85. The van der Waals surface area contributed by atoms with Crippen molar-refractivity contribution in [1.29, 1.82) is 0 Å². The average Bonchev–Trinajstić information content (AvgIpc) is 3.26. The van der Waals surface area contributed by atoms with E-state index in [-0.39, 0.29) is 12.3 Å². The maximum Gasteiger partial charge on any atom is 0.326 e. The fourth-order valence-corrected chi connectivity index (χ4v) is 3.93. The largest absolute Gasteiger partial charge is 0.480 e. The molecule has 2 rings (SSSR count). The van der Waals surface area contributed by atoms with E-state index in [2.05, 4.69) is 20.9 Å². The molecular formula is C26H39N5O6. The molecule has 37 heavy (non-hydrogen) atoms. The SMILES string of the molecule is CCC(C)C(N)C(=O)NC(C(=O)NC(Cc1c[nH]c2ccccc12)C(=O)NC(C(=O)O)C(C)C)C(C)O. The molecule has 0 fully saturated rings. The fourth-order valence-electron chi connectivity index (χ4n) is 3.93. The number of amides is 3. The minimum Gasteiger partial charge on any atom is -0.480 e. The average molecular weight is 518 g/mol. The predicted octanol–water partition coefficient (Wildman–Crippen LogP) is 0.660. The second-order valence-corrected chi connectivity index (χ2v) is 9.83. The van der Waals surface area contributed by atoms with Crippen molar-refractivity contribution in [3.05, 3.63) is 36.0 Å². The zero-order chi connectivity index (χ0) is 27.9. The van der Waals surface area contributed by atoms with Crippen molar-refractivity contribution in [3.63, 3.8) is 0 Å². The van der Waals surface area contributed by atoms with E-state index in [1.807, 2.05) is 31.2 Å². The van der Waals surface area contributed by atoms with Crippen molar-refractivity contribution in [1.82, 2.24) is 20.9 Å². The van der Waals surface area contributed by atoms with Crippen molar-refractivity contribution >= 4 is 34.6 Å². The molecule has 11 nitrogen and oxygen atoms in total. The van der Waals surface area contributed by atoms with Gasteiger partial charge in [-0.1, -0.05) is 52.3 Å². The third-order valence-electron chi connectivity index (χ3n) is 6.58. The minimum absolute atomic E-state index is 0.0406. The van der Waals surface area contributed by atoms with Crippen LogP contribution in [0.4, 0.5) is 0 Å². The number of aliphatic hydroxyl groups is 1. The van der Waals surface area contributed by atoms with Gasteiger partial charge < -0.3 is 36.9 Å². The number of fused-ring (bicyclic) bond motifs is 1. The van der Waals surface area contributed by atoms with Crippen LogP contribution >= 0.6 is 0 Å². The summed E-state index contributed by atoms with van der Waals surface area (Å²) >= 11 is 0. The summed E-state index contributed by atoms with van der Waals surface area (Å²) < 4.78 is 0. The number of carboxylic acids is 1. The minimum atomic E-state index is -1.37. The third-order valence-corrected chi connectivity index (χ3v) is 6.58. The Balaban J connectivity index is 2.32. The Morgan fingerprint density at radius 1 is 0.946 bits per heavy atom. The molecule has 2 aromatic rings. The molecule has 0 aliphatic rings. The number of aliphatic hydroxyl groups excluding tert-OH is 1. The molecule has 0 bridgehead atoms. The molecule has 1 aromatic carbocycles. The monoisotopic (exact) mass is 517 g/mol. The summed E-state index contributed by atoms with van der Waals surface area (Å²) in [6, 6.07) is 2.81. The normalized spacial score (nSPS) is 16.3. The number of carbonyl (C=O) groups is 4. The molecule has 204 valence electrons. The molecule has 0 spiro atoms. The molecule has 0 aliphatic heterocycles. The van der Waals surface area contributed by atoms with E-state index in [9.17, 15) is 29.4 Å². The zero-order valence-corrected chi connectivity index (χ0v) is 21.9. The summed E-state index contributed by atoms with van der Waals surface area (Å²) in [4.78, 5) is 53.8. The molecule has 0 aliphatic carbocycles. The number of hydrogen-bond acceptors (Lipinski definition) is 6. The lowest BCUT2D eigenvalue weighted by Crippen LogP contribution is -2.60. The van der Waals surface area contributed by atoms with Crippen LogP contribution in [0.15, 0.2) is 30.5 Å². The number of benzene rings is 1. The highest BCUT2D eigenvalue weighted by Crippen LogP contribution is 2.19. The topological polar surface area (TPSA) is 187 Å². The zero-order valence-electron chi connectivity index (χ0n) is 21.9. The first-order valence-corrected chi connectivity index (χ1v) is 12.5. The Bertz CT molecular complexity index is 1100. The van der Waals surface area contributed by atoms with Crippen LogP contribution in [0.5, 0.6) is 0 Å². The number of para-hydroxylation sites is 1. The van der Waals surface area contributed by atoms with Crippen LogP contribution in [-0.4, -0.2) is 69.2 Å². The van der Waals surface area contributed by atoms with Crippen LogP contribution in [0.1, 0.15) is 46.6 Å². The van der Waals surface area contributed by atoms with Gasteiger partial charge in [-0.15, -0.1) is 0 Å². The highest BCUT2D eigenvalue weighted by molar-refractivity contribution is 5.95. The van der Waals surface area contributed by atoms with E-state index in [0.29, 0.717) is 6.42 Å². The van der Waals surface area contributed by atoms with Crippen molar-refractivity contribution < 1.29 is 29.4 Å². The Kier molecular flexibility index (Phi) is 10.6. The van der Waals surface area contributed by atoms with Crippen LogP contribution in [-0.2, 0) is 25.6 Å². The second kappa shape index (κ2) is 13.2. The molecule has 1 heterocycles. The third kappa shape index (κ3) is 7.77. The van der Waals surface area contributed by atoms with E-state index in [4.69, 9.17) is 5.73 Å². The first-order valence-electron chi connectivity index (χ1n) is 12.5. The predicted molar refractivity (Wildman–Crippen MR) is 139 cm³/mol. The number of aliphatic carboxylic acids is 1. The molecule has 8 N–H and O–H groups in total. The maximum absolute atomic E-state index is 13.2. The van der Waals surface area contributed by atoms with Crippen LogP contribution in [0, 0.1) is 11.8 Å². The summed E-state index contributed by atoms with van der Waals surface area (Å²) in [6.07, 6.45) is 1.12. The van der Waals surface area contributed by atoms with E-state index in [0.717, 1.165) is 16.5 Å². The van der Waals surface area contributed by atoms with Crippen molar-refractivity contribution in [2.45, 2.75) is 77.7 Å². The van der Waals surface area contributed by atoms with Gasteiger partial charge in [0, 0.05) is 23.5 Å². The molecular weight excluding hydrogens is 478 g/mol. The Morgan fingerprint density at radius 3 is 2.14 bits per heavy atom. The van der Waals surface area contributed by atoms with Crippen molar-refractivity contribution in [2.75, 3.05) is 0 Å². The van der Waals surface area contributed by atoms with Gasteiger partial charge in [-0.2, -0.15) is 0 Å². The number of hydrogen-bond donors (Lipinski definition) is 7. The molecule has 0 saturated heterocycles. The lowest BCUT2D eigenvalue weighted by molar-refractivity contribution is -0.143. The van der Waals surface area contributed by atoms with E-state index in [1.165, 1.54) is 6.92 Å². The fraction of sp³-hybridized carbons (Fsp3) is 0.538. The number of carbonyl (C=O) groups excluding carboxylic acids is 3. The quantitative estimate of drug-likeness (QED) is 0.203. The van der Waals surface area contributed by atoms with Gasteiger partial charge in [0.05, 0.1) is 12.1 Å². The maximum atomic E-state index is 13.2. The highest BCUT2D eigenvalue weighted by Gasteiger charge is 2.34. The van der Waals surface area contributed by atoms with Crippen LogP contribution in [0.3, 0.4) is 0 Å². The number of H-pyrrole nitrogens is 1. The number of nitrogens with two attached hydrogens (primary N) is 1. The van der Waals surface area contributed by atoms with E-state index >= 15 is 0 Å². The van der Waals surface area contributed by atoms with Crippen LogP contribution in [0.2, 0.25) is 0 Å². The van der Waals surface area contributed by atoms with E-state index < -0.39 is 59.9 Å². The van der Waals surface area contributed by atoms with E-state index in [1.54, 1.807) is 27.0 Å². The molecule has 6 atom stereocenters. The van der Waals surface area contributed by atoms with Crippen LogP contribution < -0.4 is 21.7 Å². The number of carboxylic acid groups (broad SMARTS) is 1. The second-order valence-electron chi connectivity index (χ2n) is 9.83. The standard InChI is InChI=1S/C26H39N5O6/c1-6-14(4)20(27)24(34)31-22(15(5)32)25(35)29-19(23(33)30-21(13(2)3)26(36)37)11-16-12-28-18-10-8-7-9-17(16)18/h7-10,12-15,19-22,28,32H,6,11,27H2,1-5H3,(H,29,35)(H,30,33)(H,31,34)(H,36,37). The van der Waals surface area contributed by atoms with Gasteiger partial charge in [-0.3, -0.25) is 14.4 Å². The molecule has 11 heteroatoms. The Morgan fingerprint density at radius 2 is 1.57 bits per heavy atom. The lowest BCUT2D eigenvalue weighted by atomic mass is 9.98. The van der Waals surface area contributed by atoms with Gasteiger partial charge in [0.25, 0.3) is 0 Å². The smallest absolute Gasteiger partial charge is 0.326 e. The summed E-state index contributed by atoms with van der Waals surface area (Å²) in [5.41, 5.74) is 7.54. The Hall–Kier alpha value is -3.44. The first kappa shape index (κ1) is 29.8. The van der Waals surface area contributed by atoms with Gasteiger partial charge >= 0.3 is 5.97 Å². The number of aromatic amines is 1. The Labute approximate surface area is 216 Å². The van der Waals surface area contributed by atoms with Gasteiger partial charge in [-0.25, -0.2) is 4.79 Å². The van der Waals surface area contributed by atoms with Gasteiger partial charge in [0.15, 0.2) is 0 Å². The molecule has 0 radical (unpaired) electrons. The molecule has 6 unspecified atom stereocenters. The molecule has 0 saturated carbocycles. The summed E-state index contributed by atoms with van der Waals surface area (Å²) in [7, 11) is 0. The van der Waals surface area contributed by atoms with Crippen molar-refractivity contribution in [3.8, 4) is 0 Å². The van der Waals surface area contributed by atoms with Crippen molar-refractivity contribution in [2.24, 2.45) is 17.6 Å². The number of nitrogens with one attached hydrogen (secondary N) is 4. The van der Waals surface area contributed by atoms with Gasteiger partial charge in [0.1, 0.15) is 18.1 Å². The van der Waals surface area contributed by atoms with Gasteiger partial charge in [-0.05, 0) is 30.4 Å². The summed E-state index contributed by atoms with van der Waals surface area (Å²) in [5, 5.41) is 28.2. The number of aromatic nitrogens is 1. The lowest BCUT2D eigenvalue weighted by Gasteiger charge is -2.27. The molecule has 3 amide bonds. The number of rotatable bonds is 13. The summed E-state index contributed by atoms with van der Waals surface area (Å²) in [6.45, 7) is 8.34.